The SMILES string of the molecule is CC(C)(C)OC(=O)Nc1ccc(C(F)(F)F)nc1. The van der Waals surface area contributed by atoms with Crippen LogP contribution in [0.4, 0.5) is 23.7 Å². The molecule has 0 saturated carbocycles. The molecule has 0 aliphatic rings. The summed E-state index contributed by atoms with van der Waals surface area (Å²) in [6.07, 6.45) is -4.32. The molecule has 7 heteroatoms. The molecular formula is C11H13F3N2O2. The lowest BCUT2D eigenvalue weighted by atomic mass is 10.2. The van der Waals surface area contributed by atoms with Crippen molar-refractivity contribution in [2.45, 2.75) is 32.5 Å². The monoisotopic (exact) mass is 262 g/mol. The van der Waals surface area contributed by atoms with Gasteiger partial charge in [-0.15, -0.1) is 0 Å². The summed E-state index contributed by atoms with van der Waals surface area (Å²) in [5.74, 6) is 0. The van der Waals surface area contributed by atoms with Gasteiger partial charge >= 0.3 is 12.3 Å². The number of hydrogen-bond donors (Lipinski definition) is 1. The van der Waals surface area contributed by atoms with Crippen LogP contribution in [0.2, 0.25) is 0 Å². The number of amides is 1. The molecule has 0 fully saturated rings. The zero-order valence-corrected chi connectivity index (χ0v) is 10.1. The third-order valence-electron chi connectivity index (χ3n) is 1.70. The molecule has 0 aliphatic carbocycles. The van der Waals surface area contributed by atoms with Gasteiger partial charge in [0.15, 0.2) is 0 Å². The molecule has 0 atom stereocenters. The predicted octanol–water partition coefficient (Wildman–Crippen LogP) is 3.45. The van der Waals surface area contributed by atoms with Crippen LogP contribution in [0.3, 0.4) is 0 Å². The minimum absolute atomic E-state index is 0.136. The number of carbonyl (C=O) groups excluding carboxylic acids is 1. The van der Waals surface area contributed by atoms with E-state index in [1.165, 1.54) is 0 Å². The fourth-order valence-electron chi connectivity index (χ4n) is 1.06. The minimum Gasteiger partial charge on any atom is -0.444 e. The molecule has 1 aromatic heterocycles. The Hall–Kier alpha value is -1.79. The van der Waals surface area contributed by atoms with Gasteiger partial charge in [-0.3, -0.25) is 5.32 Å². The summed E-state index contributed by atoms with van der Waals surface area (Å²) in [5, 5.41) is 2.29. The number of ether oxygens (including phenoxy) is 1. The van der Waals surface area contributed by atoms with E-state index in [4.69, 9.17) is 4.74 Å². The zero-order valence-electron chi connectivity index (χ0n) is 10.1. The smallest absolute Gasteiger partial charge is 0.433 e. The maximum absolute atomic E-state index is 12.2. The van der Waals surface area contributed by atoms with Crippen molar-refractivity contribution < 1.29 is 22.7 Å². The topological polar surface area (TPSA) is 51.2 Å². The molecule has 1 heterocycles. The standard InChI is InChI=1S/C11H13F3N2O2/c1-10(2,3)18-9(17)16-7-4-5-8(15-6-7)11(12,13)14/h4-6H,1-3H3,(H,16,17). The number of pyridine rings is 1. The molecular weight excluding hydrogens is 249 g/mol. The van der Waals surface area contributed by atoms with Crippen LogP contribution < -0.4 is 5.32 Å². The van der Waals surface area contributed by atoms with Gasteiger partial charge in [-0.1, -0.05) is 0 Å². The lowest BCUT2D eigenvalue weighted by Gasteiger charge is -2.19. The van der Waals surface area contributed by atoms with Crippen molar-refractivity contribution in [3.8, 4) is 0 Å². The second-order valence-electron chi connectivity index (χ2n) is 4.56. The van der Waals surface area contributed by atoms with E-state index in [2.05, 4.69) is 10.3 Å². The van der Waals surface area contributed by atoms with Crippen molar-refractivity contribution in [1.82, 2.24) is 4.98 Å². The quantitative estimate of drug-likeness (QED) is 0.843. The molecule has 1 rings (SSSR count). The van der Waals surface area contributed by atoms with E-state index in [1.807, 2.05) is 0 Å². The molecule has 1 aromatic rings. The average molecular weight is 262 g/mol. The van der Waals surface area contributed by atoms with E-state index in [0.29, 0.717) is 0 Å². The molecule has 1 amide bonds. The van der Waals surface area contributed by atoms with Crippen molar-refractivity contribution >= 4 is 11.8 Å². The van der Waals surface area contributed by atoms with Gasteiger partial charge in [0.2, 0.25) is 0 Å². The van der Waals surface area contributed by atoms with Crippen LogP contribution in [0.15, 0.2) is 18.3 Å². The largest absolute Gasteiger partial charge is 0.444 e. The predicted molar refractivity (Wildman–Crippen MR) is 59.1 cm³/mol. The van der Waals surface area contributed by atoms with Crippen molar-refractivity contribution in [2.24, 2.45) is 0 Å². The van der Waals surface area contributed by atoms with Crippen LogP contribution in [-0.2, 0) is 10.9 Å². The minimum atomic E-state index is -4.50. The molecule has 0 aliphatic heterocycles. The second kappa shape index (κ2) is 4.83. The lowest BCUT2D eigenvalue weighted by Crippen LogP contribution is -2.27. The van der Waals surface area contributed by atoms with Gasteiger partial charge in [-0.05, 0) is 32.9 Å². The maximum Gasteiger partial charge on any atom is 0.433 e. The number of hydrogen-bond acceptors (Lipinski definition) is 3. The normalized spacial score (nSPS) is 12.1. The summed E-state index contributed by atoms with van der Waals surface area (Å²) in [6.45, 7) is 5.03. The van der Waals surface area contributed by atoms with Gasteiger partial charge < -0.3 is 4.74 Å². The number of alkyl halides is 3. The van der Waals surface area contributed by atoms with Crippen LogP contribution in [0.25, 0.3) is 0 Å². The third-order valence-corrected chi connectivity index (χ3v) is 1.70. The fourth-order valence-corrected chi connectivity index (χ4v) is 1.06. The molecule has 0 aromatic carbocycles. The fraction of sp³-hybridized carbons (Fsp3) is 0.455. The van der Waals surface area contributed by atoms with Crippen molar-refractivity contribution in [3.63, 3.8) is 0 Å². The van der Waals surface area contributed by atoms with Gasteiger partial charge in [0, 0.05) is 0 Å². The Kier molecular flexibility index (Phi) is 3.83. The van der Waals surface area contributed by atoms with Crippen LogP contribution in [0.5, 0.6) is 0 Å². The summed E-state index contributed by atoms with van der Waals surface area (Å²) in [4.78, 5) is 14.5. The molecule has 4 nitrogen and oxygen atoms in total. The Labute approximate surface area is 102 Å². The van der Waals surface area contributed by atoms with Crippen molar-refractivity contribution in [1.29, 1.82) is 0 Å². The highest BCUT2D eigenvalue weighted by atomic mass is 19.4. The van der Waals surface area contributed by atoms with E-state index in [1.54, 1.807) is 20.8 Å². The summed E-state index contributed by atoms with van der Waals surface area (Å²) >= 11 is 0. The Balaban J connectivity index is 2.67. The molecule has 0 saturated heterocycles. The molecule has 0 bridgehead atoms. The molecule has 18 heavy (non-hydrogen) atoms. The number of carbonyl (C=O) groups is 1. The number of halogens is 3. The molecule has 0 unspecified atom stereocenters. The Morgan fingerprint density at radius 3 is 2.28 bits per heavy atom. The van der Waals surface area contributed by atoms with E-state index in [0.717, 1.165) is 18.3 Å². The van der Waals surface area contributed by atoms with Gasteiger partial charge in [-0.25, -0.2) is 9.78 Å². The first-order valence-electron chi connectivity index (χ1n) is 5.11. The highest BCUT2D eigenvalue weighted by Gasteiger charge is 2.32. The van der Waals surface area contributed by atoms with E-state index in [-0.39, 0.29) is 5.69 Å². The zero-order chi connectivity index (χ0) is 14.0. The highest BCUT2D eigenvalue weighted by Crippen LogP contribution is 2.27. The molecule has 100 valence electrons. The Morgan fingerprint density at radius 1 is 1.28 bits per heavy atom. The van der Waals surface area contributed by atoms with E-state index >= 15 is 0 Å². The Bertz CT molecular complexity index is 421. The van der Waals surface area contributed by atoms with Gasteiger partial charge in [0.1, 0.15) is 11.3 Å². The first-order chi connectivity index (χ1) is 8.08. The van der Waals surface area contributed by atoms with E-state index < -0.39 is 23.6 Å². The summed E-state index contributed by atoms with van der Waals surface area (Å²) in [7, 11) is 0. The number of anilines is 1. The highest BCUT2D eigenvalue weighted by molar-refractivity contribution is 5.84. The number of nitrogens with one attached hydrogen (secondary N) is 1. The van der Waals surface area contributed by atoms with Crippen molar-refractivity contribution in [2.75, 3.05) is 5.32 Å². The summed E-state index contributed by atoms with van der Waals surface area (Å²) in [6, 6.07) is 1.90. The average Bonchev–Trinajstić information content (AvgIpc) is 2.13. The number of nitrogens with zero attached hydrogens (tertiary/aromatic N) is 1. The maximum atomic E-state index is 12.2. The molecule has 0 radical (unpaired) electrons. The van der Waals surface area contributed by atoms with E-state index in [9.17, 15) is 18.0 Å². The van der Waals surface area contributed by atoms with Crippen LogP contribution in [0, 0.1) is 0 Å². The molecule has 0 spiro atoms. The number of aromatic nitrogens is 1. The summed E-state index contributed by atoms with van der Waals surface area (Å²) < 4.78 is 41.6. The first kappa shape index (κ1) is 14.3. The van der Waals surface area contributed by atoms with Crippen LogP contribution in [0.1, 0.15) is 26.5 Å². The Morgan fingerprint density at radius 2 is 1.89 bits per heavy atom. The second-order valence-corrected chi connectivity index (χ2v) is 4.56. The van der Waals surface area contributed by atoms with Gasteiger partial charge in [0.25, 0.3) is 0 Å². The lowest BCUT2D eigenvalue weighted by molar-refractivity contribution is -0.141. The van der Waals surface area contributed by atoms with Gasteiger partial charge in [0.05, 0.1) is 11.9 Å². The van der Waals surface area contributed by atoms with Crippen LogP contribution >= 0.6 is 0 Å². The van der Waals surface area contributed by atoms with Gasteiger partial charge in [-0.2, -0.15) is 13.2 Å². The third kappa shape index (κ3) is 4.60. The number of rotatable bonds is 1. The van der Waals surface area contributed by atoms with Crippen molar-refractivity contribution in [3.05, 3.63) is 24.0 Å². The first-order valence-corrected chi connectivity index (χ1v) is 5.11. The molecule has 1 N–H and O–H groups in total. The van der Waals surface area contributed by atoms with Crippen LogP contribution in [-0.4, -0.2) is 16.7 Å². The summed E-state index contributed by atoms with van der Waals surface area (Å²) in [5.41, 5.74) is -1.56.